The van der Waals surface area contributed by atoms with Gasteiger partial charge in [0.05, 0.1) is 6.61 Å². The number of hydrogen-bond acceptors (Lipinski definition) is 4. The number of aliphatic hydroxyl groups is 1. The van der Waals surface area contributed by atoms with Crippen LogP contribution in [0.3, 0.4) is 0 Å². The smallest absolute Gasteiger partial charge is 0.345 e. The summed E-state index contributed by atoms with van der Waals surface area (Å²) in [6, 6.07) is 3.48. The van der Waals surface area contributed by atoms with Crippen LogP contribution in [0.2, 0.25) is 0 Å². The molecule has 0 amide bonds. The van der Waals surface area contributed by atoms with Crippen LogP contribution in [0, 0.1) is 0 Å². The lowest BCUT2D eigenvalue weighted by atomic mass is 10.2. The number of thiophene rings is 1. The molecule has 84 valence electrons. The van der Waals surface area contributed by atoms with E-state index in [-0.39, 0.29) is 12.6 Å². The van der Waals surface area contributed by atoms with Gasteiger partial charge in [-0.25, -0.2) is 4.79 Å². The summed E-state index contributed by atoms with van der Waals surface area (Å²) in [6.45, 7) is 2.70. The van der Waals surface area contributed by atoms with Crippen molar-refractivity contribution < 1.29 is 15.0 Å². The van der Waals surface area contributed by atoms with Crippen molar-refractivity contribution in [1.82, 2.24) is 5.32 Å². The molecular formula is C10H15NO3S. The van der Waals surface area contributed by atoms with Gasteiger partial charge in [0.15, 0.2) is 0 Å². The third kappa shape index (κ3) is 3.62. The molecule has 0 spiro atoms. The minimum absolute atomic E-state index is 0.0837. The van der Waals surface area contributed by atoms with E-state index in [0.29, 0.717) is 11.4 Å². The van der Waals surface area contributed by atoms with Crippen LogP contribution in [-0.4, -0.2) is 28.8 Å². The lowest BCUT2D eigenvalue weighted by Crippen LogP contribution is -2.30. The zero-order valence-electron chi connectivity index (χ0n) is 8.56. The first-order valence-corrected chi connectivity index (χ1v) is 5.65. The maximum atomic E-state index is 10.6. The van der Waals surface area contributed by atoms with Gasteiger partial charge in [0.2, 0.25) is 0 Å². The molecule has 0 aliphatic rings. The van der Waals surface area contributed by atoms with Crippen molar-refractivity contribution in [2.45, 2.75) is 25.9 Å². The number of rotatable bonds is 6. The molecule has 0 aromatic carbocycles. The fourth-order valence-electron chi connectivity index (χ4n) is 1.17. The van der Waals surface area contributed by atoms with Crippen molar-refractivity contribution in [3.63, 3.8) is 0 Å². The lowest BCUT2D eigenvalue weighted by Gasteiger charge is -2.12. The van der Waals surface area contributed by atoms with E-state index in [2.05, 4.69) is 5.32 Å². The quantitative estimate of drug-likeness (QED) is 0.688. The first-order chi connectivity index (χ1) is 7.17. The Morgan fingerprint density at radius 3 is 2.80 bits per heavy atom. The maximum Gasteiger partial charge on any atom is 0.345 e. The molecule has 0 bridgehead atoms. The Kier molecular flexibility index (Phi) is 4.74. The molecule has 0 fully saturated rings. The molecule has 4 nitrogen and oxygen atoms in total. The predicted octanol–water partition coefficient (Wildman–Crippen LogP) is 1.31. The zero-order valence-corrected chi connectivity index (χ0v) is 9.38. The van der Waals surface area contributed by atoms with Gasteiger partial charge in [-0.05, 0) is 18.6 Å². The van der Waals surface area contributed by atoms with Gasteiger partial charge in [0, 0.05) is 17.5 Å². The second-order valence-electron chi connectivity index (χ2n) is 3.24. The monoisotopic (exact) mass is 229 g/mol. The molecule has 5 heteroatoms. The van der Waals surface area contributed by atoms with E-state index in [9.17, 15) is 4.79 Å². The normalized spacial score (nSPS) is 12.7. The summed E-state index contributed by atoms with van der Waals surface area (Å²) in [7, 11) is 0. The topological polar surface area (TPSA) is 69.6 Å². The van der Waals surface area contributed by atoms with Crippen molar-refractivity contribution in [3.05, 3.63) is 21.9 Å². The first-order valence-electron chi connectivity index (χ1n) is 4.83. The fraction of sp³-hybridized carbons (Fsp3) is 0.500. The van der Waals surface area contributed by atoms with Gasteiger partial charge >= 0.3 is 5.97 Å². The number of carboxylic acids is 1. The molecule has 1 unspecified atom stereocenters. The van der Waals surface area contributed by atoms with Gasteiger partial charge in [-0.3, -0.25) is 0 Å². The highest BCUT2D eigenvalue weighted by atomic mass is 32.1. The van der Waals surface area contributed by atoms with Gasteiger partial charge in [-0.2, -0.15) is 0 Å². The van der Waals surface area contributed by atoms with Crippen LogP contribution in [0.4, 0.5) is 0 Å². The summed E-state index contributed by atoms with van der Waals surface area (Å²) in [5.74, 6) is -0.888. The number of carbonyl (C=O) groups is 1. The summed E-state index contributed by atoms with van der Waals surface area (Å²) in [4.78, 5) is 11.9. The molecule has 1 heterocycles. The highest BCUT2D eigenvalue weighted by Crippen LogP contribution is 2.16. The van der Waals surface area contributed by atoms with Crippen molar-refractivity contribution in [3.8, 4) is 0 Å². The number of nitrogens with one attached hydrogen (secondary N) is 1. The molecule has 15 heavy (non-hydrogen) atoms. The van der Waals surface area contributed by atoms with E-state index < -0.39 is 5.97 Å². The highest BCUT2D eigenvalue weighted by molar-refractivity contribution is 7.13. The fourth-order valence-corrected chi connectivity index (χ4v) is 1.97. The van der Waals surface area contributed by atoms with Gasteiger partial charge in [-0.1, -0.05) is 6.92 Å². The molecule has 0 aliphatic heterocycles. The van der Waals surface area contributed by atoms with Crippen LogP contribution in [0.15, 0.2) is 12.1 Å². The van der Waals surface area contributed by atoms with E-state index in [1.54, 1.807) is 12.1 Å². The van der Waals surface area contributed by atoms with E-state index in [1.165, 1.54) is 11.3 Å². The molecule has 1 rings (SSSR count). The van der Waals surface area contributed by atoms with Crippen LogP contribution in [0.5, 0.6) is 0 Å². The third-order valence-corrected chi connectivity index (χ3v) is 3.22. The van der Waals surface area contributed by atoms with E-state index in [0.717, 1.165) is 11.3 Å². The van der Waals surface area contributed by atoms with Crippen LogP contribution in [0.25, 0.3) is 0 Å². The van der Waals surface area contributed by atoms with Crippen molar-refractivity contribution in [2.24, 2.45) is 0 Å². The van der Waals surface area contributed by atoms with Gasteiger partial charge < -0.3 is 15.5 Å². The molecule has 0 aliphatic carbocycles. The summed E-state index contributed by atoms with van der Waals surface area (Å²) in [5.41, 5.74) is 0. The minimum atomic E-state index is -0.888. The van der Waals surface area contributed by atoms with Crippen LogP contribution >= 0.6 is 11.3 Å². The van der Waals surface area contributed by atoms with Gasteiger partial charge in [0.1, 0.15) is 4.88 Å². The molecular weight excluding hydrogens is 214 g/mol. The molecule has 1 aromatic rings. The van der Waals surface area contributed by atoms with E-state index in [1.807, 2.05) is 6.92 Å². The zero-order chi connectivity index (χ0) is 11.3. The van der Waals surface area contributed by atoms with Gasteiger partial charge in [0.25, 0.3) is 0 Å². The number of aromatic carboxylic acids is 1. The molecule has 1 aromatic heterocycles. The number of carboxylic acid groups (broad SMARTS) is 1. The lowest BCUT2D eigenvalue weighted by molar-refractivity contribution is 0.0702. The molecule has 0 radical (unpaired) electrons. The van der Waals surface area contributed by atoms with Crippen molar-refractivity contribution >= 4 is 17.3 Å². The predicted molar refractivity (Wildman–Crippen MR) is 59.3 cm³/mol. The Hall–Kier alpha value is -0.910. The Bertz CT molecular complexity index is 320. The maximum absolute atomic E-state index is 10.6. The molecule has 0 saturated carbocycles. The highest BCUT2D eigenvalue weighted by Gasteiger charge is 2.08. The Morgan fingerprint density at radius 2 is 2.33 bits per heavy atom. The minimum Gasteiger partial charge on any atom is -0.477 e. The third-order valence-electron chi connectivity index (χ3n) is 2.15. The van der Waals surface area contributed by atoms with Crippen molar-refractivity contribution in [2.75, 3.05) is 6.61 Å². The first kappa shape index (κ1) is 12.2. The molecule has 1 atom stereocenters. The molecule has 3 N–H and O–H groups in total. The number of hydrogen-bond donors (Lipinski definition) is 3. The number of aliphatic hydroxyl groups excluding tert-OH is 1. The second kappa shape index (κ2) is 5.85. The summed E-state index contributed by atoms with van der Waals surface area (Å²) >= 11 is 1.26. The Morgan fingerprint density at radius 1 is 1.60 bits per heavy atom. The van der Waals surface area contributed by atoms with Crippen molar-refractivity contribution in [1.29, 1.82) is 0 Å². The Labute approximate surface area is 92.6 Å². The van der Waals surface area contributed by atoms with Crippen LogP contribution in [0.1, 0.15) is 27.9 Å². The van der Waals surface area contributed by atoms with E-state index in [4.69, 9.17) is 10.2 Å². The average Bonchev–Trinajstić information content (AvgIpc) is 2.68. The van der Waals surface area contributed by atoms with E-state index >= 15 is 0 Å². The van der Waals surface area contributed by atoms with Gasteiger partial charge in [-0.15, -0.1) is 11.3 Å². The second-order valence-corrected chi connectivity index (χ2v) is 4.41. The summed E-state index contributed by atoms with van der Waals surface area (Å²) < 4.78 is 0. The summed E-state index contributed by atoms with van der Waals surface area (Å²) in [6.07, 6.45) is 0.855. The Balaban J connectivity index is 2.47. The summed E-state index contributed by atoms with van der Waals surface area (Å²) in [5, 5.41) is 20.8. The SMILES string of the molecule is CCC(CO)NCc1ccc(C(=O)O)s1. The van der Waals surface area contributed by atoms with Crippen LogP contribution in [-0.2, 0) is 6.54 Å². The largest absolute Gasteiger partial charge is 0.477 e. The average molecular weight is 229 g/mol. The standard InChI is InChI=1S/C10H15NO3S/c1-2-7(6-12)11-5-8-3-4-9(15-8)10(13)14/h3-4,7,11-12H,2,5-6H2,1H3,(H,13,14). The molecule has 0 saturated heterocycles. The van der Waals surface area contributed by atoms with Crippen LogP contribution < -0.4 is 5.32 Å².